The van der Waals surface area contributed by atoms with Gasteiger partial charge in [0, 0.05) is 24.2 Å². The van der Waals surface area contributed by atoms with Gasteiger partial charge in [-0.2, -0.15) is 0 Å². The van der Waals surface area contributed by atoms with Gasteiger partial charge in [0.05, 0.1) is 5.60 Å². The standard InChI is InChI=1S/C14H19N3O3/c1-14(19)7-2-8-17(9-14)13(18)11-5-3-10(4-6-11)12(15)16-20/h3-6,19-20H,2,7-9H2,1H3,(H2,15,16). The summed E-state index contributed by atoms with van der Waals surface area (Å²) in [7, 11) is 0. The lowest BCUT2D eigenvalue weighted by Gasteiger charge is -2.36. The number of hydrogen-bond acceptors (Lipinski definition) is 4. The predicted octanol–water partition coefficient (Wildman–Crippen LogP) is 0.768. The summed E-state index contributed by atoms with van der Waals surface area (Å²) < 4.78 is 0. The average Bonchev–Trinajstić information content (AvgIpc) is 2.45. The number of nitrogens with two attached hydrogens (primary N) is 1. The Morgan fingerprint density at radius 1 is 1.35 bits per heavy atom. The van der Waals surface area contributed by atoms with E-state index in [1.807, 2.05) is 0 Å². The van der Waals surface area contributed by atoms with E-state index in [0.717, 1.165) is 6.42 Å². The van der Waals surface area contributed by atoms with Crippen LogP contribution in [0.15, 0.2) is 29.4 Å². The summed E-state index contributed by atoms with van der Waals surface area (Å²) >= 11 is 0. The third kappa shape index (κ3) is 3.08. The molecule has 0 bridgehead atoms. The van der Waals surface area contributed by atoms with Crippen molar-refractivity contribution in [3.63, 3.8) is 0 Å². The second-order valence-corrected chi connectivity index (χ2v) is 5.39. The summed E-state index contributed by atoms with van der Waals surface area (Å²) in [4.78, 5) is 14.0. The molecule has 0 spiro atoms. The molecule has 1 heterocycles. The number of oxime groups is 1. The van der Waals surface area contributed by atoms with Gasteiger partial charge in [-0.3, -0.25) is 4.79 Å². The number of amides is 1. The summed E-state index contributed by atoms with van der Waals surface area (Å²) in [6, 6.07) is 6.53. The Morgan fingerprint density at radius 3 is 2.50 bits per heavy atom. The molecular weight excluding hydrogens is 258 g/mol. The molecule has 1 aromatic rings. The zero-order valence-corrected chi connectivity index (χ0v) is 11.4. The Balaban J connectivity index is 2.13. The van der Waals surface area contributed by atoms with Crippen LogP contribution < -0.4 is 5.73 Å². The van der Waals surface area contributed by atoms with Gasteiger partial charge < -0.3 is 20.9 Å². The molecule has 0 radical (unpaired) electrons. The molecule has 0 aliphatic carbocycles. The van der Waals surface area contributed by atoms with E-state index in [2.05, 4.69) is 5.16 Å². The van der Waals surface area contributed by atoms with Gasteiger partial charge >= 0.3 is 0 Å². The maximum absolute atomic E-state index is 12.3. The number of hydrogen-bond donors (Lipinski definition) is 3. The first-order valence-electron chi connectivity index (χ1n) is 6.52. The molecule has 6 nitrogen and oxygen atoms in total. The first-order valence-corrected chi connectivity index (χ1v) is 6.52. The van der Waals surface area contributed by atoms with Gasteiger partial charge in [0.2, 0.25) is 0 Å². The van der Waals surface area contributed by atoms with Crippen molar-refractivity contribution < 1.29 is 15.1 Å². The van der Waals surface area contributed by atoms with E-state index < -0.39 is 5.60 Å². The minimum atomic E-state index is -0.818. The van der Waals surface area contributed by atoms with Crippen LogP contribution in [0.1, 0.15) is 35.7 Å². The van der Waals surface area contributed by atoms with E-state index in [1.165, 1.54) is 0 Å². The first kappa shape index (κ1) is 14.3. The highest BCUT2D eigenvalue weighted by Crippen LogP contribution is 2.21. The van der Waals surface area contributed by atoms with Crippen LogP contribution in [-0.4, -0.2) is 45.6 Å². The molecule has 20 heavy (non-hydrogen) atoms. The molecule has 1 aliphatic heterocycles. The van der Waals surface area contributed by atoms with E-state index in [1.54, 1.807) is 36.1 Å². The molecule has 1 aliphatic rings. The van der Waals surface area contributed by atoms with E-state index in [-0.39, 0.29) is 11.7 Å². The topological polar surface area (TPSA) is 99.2 Å². The van der Waals surface area contributed by atoms with Crippen LogP contribution in [0.4, 0.5) is 0 Å². The van der Waals surface area contributed by atoms with Crippen LogP contribution in [-0.2, 0) is 0 Å². The molecule has 1 fully saturated rings. The number of β-amino-alcohol motifs (C(OH)–C–C–N with tert-alkyl or cyclic N) is 1. The Bertz CT molecular complexity index is 523. The van der Waals surface area contributed by atoms with Crippen LogP contribution in [0.3, 0.4) is 0 Å². The number of aliphatic hydroxyl groups is 1. The van der Waals surface area contributed by atoms with E-state index in [0.29, 0.717) is 30.6 Å². The van der Waals surface area contributed by atoms with Gasteiger partial charge in [0.15, 0.2) is 5.84 Å². The number of nitrogens with zero attached hydrogens (tertiary/aromatic N) is 2. The first-order chi connectivity index (χ1) is 9.43. The molecule has 1 aromatic carbocycles. The number of carbonyl (C=O) groups excluding carboxylic acids is 1. The Hall–Kier alpha value is -2.08. The highest BCUT2D eigenvalue weighted by Gasteiger charge is 2.31. The maximum atomic E-state index is 12.3. The second-order valence-electron chi connectivity index (χ2n) is 5.39. The fourth-order valence-corrected chi connectivity index (χ4v) is 2.42. The highest BCUT2D eigenvalue weighted by molar-refractivity contribution is 5.99. The summed E-state index contributed by atoms with van der Waals surface area (Å²) in [6.07, 6.45) is 1.50. The van der Waals surface area contributed by atoms with Crippen molar-refractivity contribution in [1.29, 1.82) is 0 Å². The largest absolute Gasteiger partial charge is 0.409 e. The third-order valence-corrected chi connectivity index (χ3v) is 3.50. The van der Waals surface area contributed by atoms with Gasteiger partial charge in [-0.05, 0) is 31.9 Å². The minimum absolute atomic E-state index is 0.00454. The molecule has 6 heteroatoms. The van der Waals surface area contributed by atoms with Crippen molar-refractivity contribution >= 4 is 11.7 Å². The number of amidine groups is 1. The van der Waals surface area contributed by atoms with Crippen molar-refractivity contribution in [2.24, 2.45) is 10.9 Å². The quantitative estimate of drug-likeness (QED) is 0.322. The van der Waals surface area contributed by atoms with Crippen molar-refractivity contribution in [3.05, 3.63) is 35.4 Å². The molecule has 1 amide bonds. The van der Waals surface area contributed by atoms with Crippen LogP contribution in [0, 0.1) is 0 Å². The number of benzene rings is 1. The molecule has 2 rings (SSSR count). The van der Waals surface area contributed by atoms with Crippen molar-refractivity contribution in [1.82, 2.24) is 4.90 Å². The van der Waals surface area contributed by atoms with Gasteiger partial charge in [-0.1, -0.05) is 17.3 Å². The molecule has 1 saturated heterocycles. The zero-order chi connectivity index (χ0) is 14.8. The zero-order valence-electron chi connectivity index (χ0n) is 11.4. The van der Waals surface area contributed by atoms with Gasteiger partial charge in [0.25, 0.3) is 5.91 Å². The van der Waals surface area contributed by atoms with E-state index >= 15 is 0 Å². The Morgan fingerprint density at radius 2 is 1.95 bits per heavy atom. The molecule has 0 saturated carbocycles. The molecular formula is C14H19N3O3. The minimum Gasteiger partial charge on any atom is -0.409 e. The van der Waals surface area contributed by atoms with Crippen molar-refractivity contribution in [3.8, 4) is 0 Å². The summed E-state index contributed by atoms with van der Waals surface area (Å²) in [5.41, 5.74) is 5.73. The Labute approximate surface area is 117 Å². The lowest BCUT2D eigenvalue weighted by molar-refractivity contribution is -0.0107. The van der Waals surface area contributed by atoms with Crippen molar-refractivity contribution in [2.75, 3.05) is 13.1 Å². The maximum Gasteiger partial charge on any atom is 0.253 e. The lowest BCUT2D eigenvalue weighted by Crippen LogP contribution is -2.48. The van der Waals surface area contributed by atoms with Crippen LogP contribution >= 0.6 is 0 Å². The number of piperidine rings is 1. The fourth-order valence-electron chi connectivity index (χ4n) is 2.42. The van der Waals surface area contributed by atoms with Gasteiger partial charge in [-0.25, -0.2) is 0 Å². The summed E-state index contributed by atoms with van der Waals surface area (Å²) in [5, 5.41) is 21.5. The van der Waals surface area contributed by atoms with Crippen LogP contribution in [0.5, 0.6) is 0 Å². The molecule has 108 valence electrons. The number of rotatable bonds is 2. The van der Waals surface area contributed by atoms with Gasteiger partial charge in [-0.15, -0.1) is 0 Å². The van der Waals surface area contributed by atoms with E-state index in [9.17, 15) is 9.90 Å². The normalized spacial score (nSPS) is 23.7. The van der Waals surface area contributed by atoms with Crippen molar-refractivity contribution in [2.45, 2.75) is 25.4 Å². The lowest BCUT2D eigenvalue weighted by atomic mass is 9.94. The molecule has 1 unspecified atom stereocenters. The Kier molecular flexibility index (Phi) is 3.94. The third-order valence-electron chi connectivity index (χ3n) is 3.50. The highest BCUT2D eigenvalue weighted by atomic mass is 16.4. The predicted molar refractivity (Wildman–Crippen MR) is 74.7 cm³/mol. The summed E-state index contributed by atoms with van der Waals surface area (Å²) in [5.74, 6) is -0.110. The molecule has 0 aromatic heterocycles. The number of likely N-dealkylation sites (tertiary alicyclic amines) is 1. The van der Waals surface area contributed by atoms with Crippen LogP contribution in [0.2, 0.25) is 0 Å². The smallest absolute Gasteiger partial charge is 0.253 e. The number of carbonyl (C=O) groups is 1. The molecule has 4 N–H and O–H groups in total. The van der Waals surface area contributed by atoms with Crippen LogP contribution in [0.25, 0.3) is 0 Å². The fraction of sp³-hybridized carbons (Fsp3) is 0.429. The SMILES string of the molecule is CC1(O)CCCN(C(=O)c2ccc(/C(N)=N/O)cc2)C1. The van der Waals surface area contributed by atoms with E-state index in [4.69, 9.17) is 10.9 Å². The monoisotopic (exact) mass is 277 g/mol. The summed E-state index contributed by atoms with van der Waals surface area (Å²) in [6.45, 7) is 2.73. The second kappa shape index (κ2) is 5.50. The molecule has 1 atom stereocenters. The average molecular weight is 277 g/mol. The van der Waals surface area contributed by atoms with Gasteiger partial charge in [0.1, 0.15) is 0 Å².